The summed E-state index contributed by atoms with van der Waals surface area (Å²) in [4.78, 5) is 16.6. The van der Waals surface area contributed by atoms with E-state index in [2.05, 4.69) is 20.8 Å². The van der Waals surface area contributed by atoms with Crippen LogP contribution in [0.2, 0.25) is 0 Å². The molecule has 1 aromatic carbocycles. The number of rotatable bonds is 7. The van der Waals surface area contributed by atoms with Gasteiger partial charge in [0, 0.05) is 25.4 Å². The summed E-state index contributed by atoms with van der Waals surface area (Å²) in [5.41, 5.74) is 4.58. The lowest BCUT2D eigenvalue weighted by atomic mass is 10.0. The van der Waals surface area contributed by atoms with Gasteiger partial charge >= 0.3 is 0 Å². The molecule has 0 bridgehead atoms. The average molecular weight is 403 g/mol. The van der Waals surface area contributed by atoms with E-state index in [1.54, 1.807) is 38.0 Å². The summed E-state index contributed by atoms with van der Waals surface area (Å²) in [6.45, 7) is 6.90. The third kappa shape index (κ3) is 4.18. The highest BCUT2D eigenvalue weighted by Gasteiger charge is 2.12. The Morgan fingerprint density at radius 2 is 2.00 bits per heavy atom. The van der Waals surface area contributed by atoms with Crippen LogP contribution in [0.15, 0.2) is 39.9 Å². The van der Waals surface area contributed by atoms with Gasteiger partial charge in [0.15, 0.2) is 10.9 Å². The van der Waals surface area contributed by atoms with E-state index in [4.69, 9.17) is 4.18 Å². The lowest BCUT2D eigenvalue weighted by Gasteiger charge is -2.10. The summed E-state index contributed by atoms with van der Waals surface area (Å²) in [7, 11) is -0.424. The number of hydrogen-bond acceptors (Lipinski definition) is 5. The smallest absolute Gasteiger partial charge is 0.253 e. The first-order valence-corrected chi connectivity index (χ1v) is 10.6. The Hall–Kier alpha value is -2.45. The van der Waals surface area contributed by atoms with Crippen molar-refractivity contribution < 1.29 is 8.39 Å². The van der Waals surface area contributed by atoms with Crippen LogP contribution in [0.3, 0.4) is 0 Å². The van der Waals surface area contributed by atoms with Crippen LogP contribution in [-0.2, 0) is 28.7 Å². The van der Waals surface area contributed by atoms with Crippen LogP contribution >= 0.6 is 0 Å². The van der Waals surface area contributed by atoms with Crippen molar-refractivity contribution in [3.05, 3.63) is 46.6 Å². The maximum Gasteiger partial charge on any atom is 0.253 e. The molecule has 0 N–H and O–H groups in total. The first kappa shape index (κ1) is 20.3. The van der Waals surface area contributed by atoms with Crippen molar-refractivity contribution in [3.8, 4) is 11.1 Å². The van der Waals surface area contributed by atoms with Crippen LogP contribution < -0.4 is 5.56 Å². The van der Waals surface area contributed by atoms with E-state index in [0.717, 1.165) is 36.0 Å². The zero-order valence-corrected chi connectivity index (χ0v) is 17.6. The van der Waals surface area contributed by atoms with Crippen molar-refractivity contribution in [1.82, 2.24) is 14.1 Å². The first-order valence-electron chi connectivity index (χ1n) is 9.43. The molecule has 0 amide bonds. The summed E-state index contributed by atoms with van der Waals surface area (Å²) in [5.74, 6) is 0. The molecule has 0 saturated heterocycles. The number of hydrogen-bond donors (Lipinski definition) is 1. The van der Waals surface area contributed by atoms with Gasteiger partial charge in [0.1, 0.15) is 11.2 Å². The fraction of sp³-hybridized carbons (Fsp3) is 0.400. The van der Waals surface area contributed by atoms with E-state index in [1.807, 2.05) is 18.2 Å². The molecule has 2 aromatic heterocycles. The first-order chi connectivity index (χ1) is 13.4. The van der Waals surface area contributed by atoms with Crippen molar-refractivity contribution in [3.63, 3.8) is 0 Å². The quantitative estimate of drug-likeness (QED) is 0.611. The standard InChI is InChI=1S/C20H26N4O3S/c1-5-7-8-24-13-21-19-17(22-28(26)27-6-2)10-15(11-18(19)24)16-9-14(3)20(25)23(4)12-16/h9-13,28H,5-8H2,1-4H3. The zero-order chi connectivity index (χ0) is 20.3. The second kappa shape index (κ2) is 8.70. The molecule has 8 heteroatoms. The van der Waals surface area contributed by atoms with Crippen LogP contribution in [0.4, 0.5) is 5.69 Å². The lowest BCUT2D eigenvalue weighted by Crippen LogP contribution is -2.18. The van der Waals surface area contributed by atoms with Gasteiger partial charge in [-0.25, -0.2) is 9.19 Å². The Kier molecular flexibility index (Phi) is 6.31. The van der Waals surface area contributed by atoms with E-state index in [0.29, 0.717) is 23.4 Å². The van der Waals surface area contributed by atoms with Gasteiger partial charge in [-0.3, -0.25) is 8.98 Å². The second-order valence-electron chi connectivity index (χ2n) is 6.74. The molecule has 150 valence electrons. The third-order valence-electron chi connectivity index (χ3n) is 4.58. The largest absolute Gasteiger partial charge is 0.331 e. The number of nitrogens with zero attached hydrogens (tertiary/aromatic N) is 4. The highest BCUT2D eigenvalue weighted by molar-refractivity contribution is 7.69. The van der Waals surface area contributed by atoms with E-state index in [9.17, 15) is 9.00 Å². The molecule has 28 heavy (non-hydrogen) atoms. The Morgan fingerprint density at radius 3 is 2.68 bits per heavy atom. The number of aromatic nitrogens is 3. The molecule has 0 radical (unpaired) electrons. The van der Waals surface area contributed by atoms with Gasteiger partial charge in [-0.15, -0.1) is 0 Å². The molecule has 1 unspecified atom stereocenters. The number of aryl methyl sites for hydroxylation is 3. The Balaban J connectivity index is 2.24. The van der Waals surface area contributed by atoms with Gasteiger partial charge in [-0.2, -0.15) is 4.36 Å². The number of benzene rings is 1. The number of imidazole rings is 1. The minimum Gasteiger partial charge on any atom is -0.331 e. The number of unbranched alkanes of at least 4 members (excludes halogenated alkanes) is 1. The van der Waals surface area contributed by atoms with Crippen molar-refractivity contribution >= 4 is 27.6 Å². The second-order valence-corrected chi connectivity index (χ2v) is 7.67. The van der Waals surface area contributed by atoms with Gasteiger partial charge in [0.25, 0.3) is 5.56 Å². The van der Waals surface area contributed by atoms with E-state index in [1.165, 1.54) is 0 Å². The van der Waals surface area contributed by atoms with Crippen molar-refractivity contribution in [2.24, 2.45) is 11.4 Å². The molecule has 1 atom stereocenters. The van der Waals surface area contributed by atoms with Gasteiger partial charge in [-0.1, -0.05) is 13.3 Å². The van der Waals surface area contributed by atoms with Crippen molar-refractivity contribution in [2.75, 3.05) is 6.61 Å². The minimum atomic E-state index is -2.16. The molecule has 0 saturated carbocycles. The van der Waals surface area contributed by atoms with Crippen LogP contribution in [-0.4, -0.2) is 24.9 Å². The van der Waals surface area contributed by atoms with Crippen LogP contribution in [0.25, 0.3) is 22.2 Å². The maximum absolute atomic E-state index is 12.1. The SMILES string of the molecule is CCCCn1cnc2c(N=[SH](=O)OCC)cc(-c3cc(C)c(=O)n(C)c3)cc21. The molecule has 0 fully saturated rings. The van der Waals surface area contributed by atoms with Gasteiger partial charge < -0.3 is 9.13 Å². The van der Waals surface area contributed by atoms with Crippen LogP contribution in [0, 0.1) is 6.92 Å². The van der Waals surface area contributed by atoms with E-state index < -0.39 is 10.9 Å². The Morgan fingerprint density at radius 1 is 1.21 bits per heavy atom. The monoisotopic (exact) mass is 402 g/mol. The molecule has 3 rings (SSSR count). The van der Waals surface area contributed by atoms with E-state index in [-0.39, 0.29) is 5.56 Å². The molecule has 0 aliphatic rings. The molecule has 0 aliphatic heterocycles. The molecular formula is C20H26N4O3S. The highest BCUT2D eigenvalue weighted by atomic mass is 32.2. The zero-order valence-electron chi connectivity index (χ0n) is 16.7. The summed E-state index contributed by atoms with van der Waals surface area (Å²) >= 11 is 0. The lowest BCUT2D eigenvalue weighted by molar-refractivity contribution is 0.378. The third-order valence-corrected chi connectivity index (χ3v) is 5.44. The fourth-order valence-electron chi connectivity index (χ4n) is 3.16. The normalized spacial score (nSPS) is 12.7. The molecule has 0 spiro atoms. The van der Waals surface area contributed by atoms with Gasteiger partial charge in [0.2, 0.25) is 0 Å². The topological polar surface area (TPSA) is 78.5 Å². The summed E-state index contributed by atoms with van der Waals surface area (Å²) in [5, 5.41) is 0. The predicted octanol–water partition coefficient (Wildman–Crippen LogP) is 3.76. The van der Waals surface area contributed by atoms with Gasteiger partial charge in [-0.05, 0) is 49.6 Å². The van der Waals surface area contributed by atoms with Crippen LogP contribution in [0.5, 0.6) is 0 Å². The summed E-state index contributed by atoms with van der Waals surface area (Å²) < 4.78 is 25.2. The van der Waals surface area contributed by atoms with Crippen LogP contribution in [0.1, 0.15) is 32.3 Å². The molecule has 2 heterocycles. The number of thiol groups is 1. The summed E-state index contributed by atoms with van der Waals surface area (Å²) in [6, 6.07) is 5.76. The minimum absolute atomic E-state index is 0.0258. The number of fused-ring (bicyclic) bond motifs is 1. The average Bonchev–Trinajstić information content (AvgIpc) is 3.07. The number of pyridine rings is 1. The predicted molar refractivity (Wildman–Crippen MR) is 113 cm³/mol. The maximum atomic E-state index is 12.1. The fourth-order valence-corrected chi connectivity index (χ4v) is 3.76. The Labute approximate surface area is 166 Å². The van der Waals surface area contributed by atoms with Crippen molar-refractivity contribution in [1.29, 1.82) is 0 Å². The molecule has 3 aromatic rings. The van der Waals surface area contributed by atoms with Gasteiger partial charge in [0.05, 0.1) is 18.5 Å². The van der Waals surface area contributed by atoms with Crippen molar-refractivity contribution in [2.45, 2.75) is 40.2 Å². The molecule has 0 aliphatic carbocycles. The highest BCUT2D eigenvalue weighted by Crippen LogP contribution is 2.32. The summed E-state index contributed by atoms with van der Waals surface area (Å²) in [6.07, 6.45) is 5.71. The molecular weight excluding hydrogens is 376 g/mol. The van der Waals surface area contributed by atoms with E-state index >= 15 is 0 Å². The Bertz CT molecular complexity index is 1110. The molecule has 7 nitrogen and oxygen atoms in total.